The third-order valence-electron chi connectivity index (χ3n) is 4.83. The number of anilines is 1. The van der Waals surface area contributed by atoms with Crippen LogP contribution in [0.2, 0.25) is 5.02 Å². The monoisotopic (exact) mass is 447 g/mol. The van der Waals surface area contributed by atoms with Crippen molar-refractivity contribution < 1.29 is 9.47 Å². The standard InChI is InChI=1S/C13H10ClN3.C11H12N2O2/c14-10-6-5-8(15)7-9(10)13-16-11-3-1-2-4-12(11)17-13;1-7-12-6-8-4-9(14-2)5-10(15-3)11(8)13-7/h1-7H,15H2,(H,16,17);4-6H,1-3H3. The molecule has 0 saturated carbocycles. The number of nitrogens with zero attached hydrogens (tertiary/aromatic N) is 3. The zero-order valence-electron chi connectivity index (χ0n) is 17.9. The number of nitrogens with two attached hydrogens (primary N) is 1. The number of hydrogen-bond acceptors (Lipinski definition) is 6. The topological polar surface area (TPSA) is 98.9 Å². The molecule has 32 heavy (non-hydrogen) atoms. The van der Waals surface area contributed by atoms with Crippen molar-refractivity contribution in [2.45, 2.75) is 6.92 Å². The molecule has 0 amide bonds. The van der Waals surface area contributed by atoms with E-state index < -0.39 is 0 Å². The first-order valence-electron chi connectivity index (χ1n) is 9.84. The van der Waals surface area contributed by atoms with Crippen LogP contribution in [0.5, 0.6) is 11.5 Å². The lowest BCUT2D eigenvalue weighted by atomic mass is 10.2. The first-order valence-corrected chi connectivity index (χ1v) is 10.2. The van der Waals surface area contributed by atoms with Crippen LogP contribution in [0.3, 0.4) is 0 Å². The molecule has 162 valence electrons. The number of ether oxygens (including phenoxy) is 2. The highest BCUT2D eigenvalue weighted by molar-refractivity contribution is 6.33. The van der Waals surface area contributed by atoms with Gasteiger partial charge < -0.3 is 20.2 Å². The molecule has 0 aliphatic carbocycles. The maximum Gasteiger partial charge on any atom is 0.148 e. The number of imidazole rings is 1. The highest BCUT2D eigenvalue weighted by Crippen LogP contribution is 2.30. The lowest BCUT2D eigenvalue weighted by Crippen LogP contribution is -1.93. The highest BCUT2D eigenvalue weighted by atomic mass is 35.5. The number of fused-ring (bicyclic) bond motifs is 2. The summed E-state index contributed by atoms with van der Waals surface area (Å²) in [5, 5.41) is 1.55. The van der Waals surface area contributed by atoms with Crippen molar-refractivity contribution in [1.82, 2.24) is 19.9 Å². The number of nitrogen functional groups attached to an aromatic ring is 1. The lowest BCUT2D eigenvalue weighted by molar-refractivity contribution is 0.397. The van der Waals surface area contributed by atoms with E-state index in [1.165, 1.54) is 0 Å². The Morgan fingerprint density at radius 2 is 1.78 bits per heavy atom. The van der Waals surface area contributed by atoms with Crippen molar-refractivity contribution in [2.75, 3.05) is 20.0 Å². The van der Waals surface area contributed by atoms with Gasteiger partial charge in [-0.2, -0.15) is 0 Å². The summed E-state index contributed by atoms with van der Waals surface area (Å²) in [6.07, 6.45) is 1.77. The van der Waals surface area contributed by atoms with Gasteiger partial charge in [0, 0.05) is 28.9 Å². The van der Waals surface area contributed by atoms with Gasteiger partial charge in [-0.1, -0.05) is 23.7 Å². The van der Waals surface area contributed by atoms with E-state index in [0.717, 1.165) is 44.9 Å². The molecular weight excluding hydrogens is 426 g/mol. The van der Waals surface area contributed by atoms with E-state index in [0.29, 0.717) is 16.5 Å². The molecule has 0 unspecified atom stereocenters. The maximum absolute atomic E-state index is 6.14. The van der Waals surface area contributed by atoms with E-state index in [1.54, 1.807) is 32.5 Å². The van der Waals surface area contributed by atoms with Gasteiger partial charge in [0.15, 0.2) is 0 Å². The third kappa shape index (κ3) is 4.43. The minimum absolute atomic E-state index is 0.637. The number of para-hydroxylation sites is 2. The van der Waals surface area contributed by atoms with Crippen LogP contribution >= 0.6 is 11.6 Å². The molecular formula is C24H22ClN5O2. The Kier molecular flexibility index (Phi) is 6.09. The molecule has 3 aromatic carbocycles. The zero-order chi connectivity index (χ0) is 22.7. The van der Waals surface area contributed by atoms with Crippen molar-refractivity contribution >= 4 is 39.2 Å². The van der Waals surface area contributed by atoms with E-state index >= 15 is 0 Å². The molecule has 0 saturated heterocycles. The average Bonchev–Trinajstić information content (AvgIpc) is 3.24. The molecule has 7 nitrogen and oxygen atoms in total. The summed E-state index contributed by atoms with van der Waals surface area (Å²) in [4.78, 5) is 16.2. The summed E-state index contributed by atoms with van der Waals surface area (Å²) in [5.41, 5.74) is 9.97. The number of aryl methyl sites for hydroxylation is 1. The summed E-state index contributed by atoms with van der Waals surface area (Å²) in [6, 6.07) is 16.9. The Balaban J connectivity index is 0.000000155. The molecule has 0 atom stereocenters. The van der Waals surface area contributed by atoms with Crippen LogP contribution in [0.25, 0.3) is 33.3 Å². The molecule has 0 bridgehead atoms. The highest BCUT2D eigenvalue weighted by Gasteiger charge is 2.09. The molecule has 0 radical (unpaired) electrons. The van der Waals surface area contributed by atoms with Crippen LogP contribution in [0.4, 0.5) is 5.69 Å². The van der Waals surface area contributed by atoms with Gasteiger partial charge in [-0.25, -0.2) is 15.0 Å². The summed E-state index contributed by atoms with van der Waals surface area (Å²) in [6.45, 7) is 1.85. The number of benzene rings is 3. The first-order chi connectivity index (χ1) is 15.5. The zero-order valence-corrected chi connectivity index (χ0v) is 18.6. The number of H-pyrrole nitrogens is 1. The molecule has 0 fully saturated rings. The number of hydrogen-bond donors (Lipinski definition) is 2. The number of rotatable bonds is 3. The van der Waals surface area contributed by atoms with Gasteiger partial charge >= 0.3 is 0 Å². The fourth-order valence-corrected chi connectivity index (χ4v) is 3.46. The smallest absolute Gasteiger partial charge is 0.148 e. The summed E-state index contributed by atoms with van der Waals surface area (Å²) in [7, 11) is 3.24. The lowest BCUT2D eigenvalue weighted by Gasteiger charge is -2.07. The molecule has 2 aromatic heterocycles. The van der Waals surface area contributed by atoms with E-state index in [9.17, 15) is 0 Å². The number of halogens is 1. The molecule has 2 heterocycles. The van der Waals surface area contributed by atoms with Gasteiger partial charge in [0.05, 0.1) is 30.3 Å². The maximum atomic E-state index is 6.14. The molecule has 0 aliphatic rings. The third-order valence-corrected chi connectivity index (χ3v) is 5.16. The van der Waals surface area contributed by atoms with E-state index in [-0.39, 0.29) is 0 Å². The van der Waals surface area contributed by atoms with Crippen LogP contribution in [0.15, 0.2) is 60.8 Å². The number of aromatic amines is 1. The van der Waals surface area contributed by atoms with E-state index in [1.807, 2.05) is 49.4 Å². The predicted octanol–water partition coefficient (Wildman–Crippen LogP) is 5.42. The van der Waals surface area contributed by atoms with Crippen LogP contribution in [-0.2, 0) is 0 Å². The van der Waals surface area contributed by atoms with E-state index in [2.05, 4.69) is 19.9 Å². The second-order valence-corrected chi connectivity index (χ2v) is 7.43. The summed E-state index contributed by atoms with van der Waals surface area (Å²) >= 11 is 6.14. The quantitative estimate of drug-likeness (QED) is 0.358. The SMILES string of the molecule is COc1cc(OC)c2nc(C)ncc2c1.Nc1ccc(Cl)c(-c2nc3ccccc3[nH]2)c1. The largest absolute Gasteiger partial charge is 0.497 e. The van der Waals surface area contributed by atoms with Crippen molar-refractivity contribution in [2.24, 2.45) is 0 Å². The average molecular weight is 448 g/mol. The minimum Gasteiger partial charge on any atom is -0.497 e. The van der Waals surface area contributed by atoms with Crippen LogP contribution in [-0.4, -0.2) is 34.2 Å². The van der Waals surface area contributed by atoms with Crippen molar-refractivity contribution in [3.05, 3.63) is 71.6 Å². The molecule has 0 spiro atoms. The van der Waals surface area contributed by atoms with Crippen LogP contribution in [0.1, 0.15) is 5.82 Å². The Labute approximate surface area is 190 Å². The Hall–Kier alpha value is -3.84. The number of methoxy groups -OCH3 is 2. The van der Waals surface area contributed by atoms with Crippen molar-refractivity contribution in [3.8, 4) is 22.9 Å². The normalized spacial score (nSPS) is 10.6. The molecule has 8 heteroatoms. The second kappa shape index (κ2) is 9.11. The van der Waals surface area contributed by atoms with Gasteiger partial charge in [0.25, 0.3) is 0 Å². The van der Waals surface area contributed by atoms with Gasteiger partial charge in [0.1, 0.15) is 28.7 Å². The van der Waals surface area contributed by atoms with Gasteiger partial charge in [-0.05, 0) is 43.3 Å². The first kappa shape index (κ1) is 21.4. The number of aromatic nitrogens is 4. The fourth-order valence-electron chi connectivity index (χ4n) is 3.25. The molecule has 5 rings (SSSR count). The van der Waals surface area contributed by atoms with E-state index in [4.69, 9.17) is 26.8 Å². The Morgan fingerprint density at radius 3 is 2.53 bits per heavy atom. The van der Waals surface area contributed by atoms with Crippen LogP contribution in [0, 0.1) is 6.92 Å². The molecule has 5 aromatic rings. The summed E-state index contributed by atoms with van der Waals surface area (Å²) < 4.78 is 10.4. The second-order valence-electron chi connectivity index (χ2n) is 7.03. The molecule has 3 N–H and O–H groups in total. The van der Waals surface area contributed by atoms with Crippen molar-refractivity contribution in [3.63, 3.8) is 0 Å². The predicted molar refractivity (Wildman–Crippen MR) is 128 cm³/mol. The van der Waals surface area contributed by atoms with Gasteiger partial charge in [-0.15, -0.1) is 0 Å². The Morgan fingerprint density at radius 1 is 0.969 bits per heavy atom. The Bertz CT molecular complexity index is 1370. The van der Waals surface area contributed by atoms with Crippen molar-refractivity contribution in [1.29, 1.82) is 0 Å². The number of nitrogens with one attached hydrogen (secondary N) is 1. The van der Waals surface area contributed by atoms with Gasteiger partial charge in [0.2, 0.25) is 0 Å². The van der Waals surface area contributed by atoms with Crippen LogP contribution < -0.4 is 15.2 Å². The molecule has 0 aliphatic heterocycles. The fraction of sp³-hybridized carbons (Fsp3) is 0.125. The van der Waals surface area contributed by atoms with Gasteiger partial charge in [-0.3, -0.25) is 0 Å². The summed E-state index contributed by atoms with van der Waals surface area (Å²) in [5.74, 6) is 2.91. The minimum atomic E-state index is 0.637.